The van der Waals surface area contributed by atoms with Gasteiger partial charge in [-0.25, -0.2) is 0 Å². The van der Waals surface area contributed by atoms with Gasteiger partial charge in [-0.2, -0.15) is 0 Å². The summed E-state index contributed by atoms with van der Waals surface area (Å²) in [5.74, 6) is 0.0305. The second-order valence-corrected chi connectivity index (χ2v) is 5.36. The van der Waals surface area contributed by atoms with E-state index in [4.69, 9.17) is 22.5 Å². The SMILES string of the molecule is CC1CN(C)CCN1c1ccc(/C(N)=N/O)c(Cl)c1. The van der Waals surface area contributed by atoms with E-state index in [1.807, 2.05) is 12.1 Å². The Bertz CT molecular complexity index is 492. The molecular formula is C13H19ClN4O. The van der Waals surface area contributed by atoms with Crippen LogP contribution in [0.3, 0.4) is 0 Å². The van der Waals surface area contributed by atoms with Gasteiger partial charge in [0, 0.05) is 36.9 Å². The highest BCUT2D eigenvalue weighted by Gasteiger charge is 2.22. The van der Waals surface area contributed by atoms with Gasteiger partial charge < -0.3 is 20.7 Å². The van der Waals surface area contributed by atoms with Crippen LogP contribution in [0.2, 0.25) is 5.02 Å². The average Bonchev–Trinajstić information content (AvgIpc) is 2.37. The van der Waals surface area contributed by atoms with Gasteiger partial charge in [0.15, 0.2) is 5.84 Å². The first-order valence-electron chi connectivity index (χ1n) is 6.25. The number of halogens is 1. The molecular weight excluding hydrogens is 264 g/mol. The number of amidine groups is 1. The number of anilines is 1. The molecule has 1 aromatic rings. The number of hydrogen-bond donors (Lipinski definition) is 2. The third-order valence-electron chi connectivity index (χ3n) is 3.50. The number of rotatable bonds is 2. The van der Waals surface area contributed by atoms with Crippen molar-refractivity contribution in [3.8, 4) is 0 Å². The van der Waals surface area contributed by atoms with Crippen LogP contribution in [0.25, 0.3) is 0 Å². The number of hydrogen-bond acceptors (Lipinski definition) is 4. The molecule has 104 valence electrons. The van der Waals surface area contributed by atoms with Crippen molar-refractivity contribution in [3.63, 3.8) is 0 Å². The Labute approximate surface area is 118 Å². The van der Waals surface area contributed by atoms with E-state index in [0.717, 1.165) is 25.3 Å². The summed E-state index contributed by atoms with van der Waals surface area (Å²) in [6, 6.07) is 6.06. The molecule has 3 N–H and O–H groups in total. The lowest BCUT2D eigenvalue weighted by molar-refractivity contribution is 0.275. The Hall–Kier alpha value is -1.46. The monoisotopic (exact) mass is 282 g/mol. The first kappa shape index (κ1) is 14.0. The minimum Gasteiger partial charge on any atom is -0.409 e. The molecule has 0 radical (unpaired) electrons. The maximum Gasteiger partial charge on any atom is 0.171 e. The fraction of sp³-hybridized carbons (Fsp3) is 0.462. The quantitative estimate of drug-likeness (QED) is 0.374. The molecule has 6 heteroatoms. The van der Waals surface area contributed by atoms with Crippen LogP contribution in [0.1, 0.15) is 12.5 Å². The molecule has 0 saturated carbocycles. The molecule has 1 aliphatic rings. The van der Waals surface area contributed by atoms with E-state index in [1.54, 1.807) is 6.07 Å². The lowest BCUT2D eigenvalue weighted by Gasteiger charge is -2.40. The minimum absolute atomic E-state index is 0.0305. The highest BCUT2D eigenvalue weighted by atomic mass is 35.5. The first-order chi connectivity index (χ1) is 9.02. The summed E-state index contributed by atoms with van der Waals surface area (Å²) >= 11 is 6.19. The van der Waals surface area contributed by atoms with E-state index < -0.39 is 0 Å². The molecule has 1 heterocycles. The van der Waals surface area contributed by atoms with Crippen LogP contribution in [0.5, 0.6) is 0 Å². The van der Waals surface area contributed by atoms with Crippen molar-refractivity contribution < 1.29 is 5.21 Å². The summed E-state index contributed by atoms with van der Waals surface area (Å²) in [6.45, 7) is 5.22. The lowest BCUT2D eigenvalue weighted by Crippen LogP contribution is -2.50. The van der Waals surface area contributed by atoms with Gasteiger partial charge in [-0.3, -0.25) is 0 Å². The maximum absolute atomic E-state index is 8.69. The predicted molar refractivity (Wildman–Crippen MR) is 78.3 cm³/mol. The highest BCUT2D eigenvalue weighted by Crippen LogP contribution is 2.26. The van der Waals surface area contributed by atoms with Crippen molar-refractivity contribution in [3.05, 3.63) is 28.8 Å². The van der Waals surface area contributed by atoms with E-state index in [1.165, 1.54) is 0 Å². The zero-order valence-electron chi connectivity index (χ0n) is 11.2. The van der Waals surface area contributed by atoms with Crippen molar-refractivity contribution in [1.29, 1.82) is 0 Å². The number of nitrogens with two attached hydrogens (primary N) is 1. The molecule has 0 spiro atoms. The Morgan fingerprint density at radius 3 is 2.79 bits per heavy atom. The molecule has 1 unspecified atom stereocenters. The van der Waals surface area contributed by atoms with Crippen LogP contribution >= 0.6 is 11.6 Å². The normalized spacial score (nSPS) is 21.7. The van der Waals surface area contributed by atoms with Crippen molar-refractivity contribution in [2.24, 2.45) is 10.9 Å². The molecule has 1 fully saturated rings. The molecule has 1 aromatic carbocycles. The smallest absolute Gasteiger partial charge is 0.171 e. The van der Waals surface area contributed by atoms with Gasteiger partial charge in [-0.05, 0) is 32.2 Å². The number of benzene rings is 1. The third kappa shape index (κ3) is 2.93. The predicted octanol–water partition coefficient (Wildman–Crippen LogP) is 1.57. The van der Waals surface area contributed by atoms with Crippen LogP contribution in [0.15, 0.2) is 23.4 Å². The van der Waals surface area contributed by atoms with Crippen molar-refractivity contribution >= 4 is 23.1 Å². The molecule has 2 rings (SSSR count). The van der Waals surface area contributed by atoms with Crippen molar-refractivity contribution in [2.45, 2.75) is 13.0 Å². The van der Waals surface area contributed by atoms with E-state index in [2.05, 4.69) is 28.9 Å². The van der Waals surface area contributed by atoms with E-state index in [-0.39, 0.29) is 5.84 Å². The highest BCUT2D eigenvalue weighted by molar-refractivity contribution is 6.34. The first-order valence-corrected chi connectivity index (χ1v) is 6.63. The molecule has 0 aromatic heterocycles. The van der Waals surface area contributed by atoms with Gasteiger partial charge >= 0.3 is 0 Å². The Balaban J connectivity index is 2.25. The number of oxime groups is 1. The Kier molecular flexibility index (Phi) is 4.17. The van der Waals surface area contributed by atoms with Crippen molar-refractivity contribution in [1.82, 2.24) is 4.90 Å². The van der Waals surface area contributed by atoms with Crippen LogP contribution in [-0.4, -0.2) is 48.7 Å². The number of likely N-dealkylation sites (N-methyl/N-ethyl adjacent to an activating group) is 1. The summed E-state index contributed by atoms with van der Waals surface area (Å²) in [5, 5.41) is 12.2. The van der Waals surface area contributed by atoms with Crippen LogP contribution in [0.4, 0.5) is 5.69 Å². The Morgan fingerprint density at radius 2 is 2.21 bits per heavy atom. The molecule has 5 nitrogen and oxygen atoms in total. The van der Waals surface area contributed by atoms with Gasteiger partial charge in [-0.15, -0.1) is 0 Å². The van der Waals surface area contributed by atoms with Gasteiger partial charge in [0.2, 0.25) is 0 Å². The molecule has 0 aliphatic carbocycles. The van der Waals surface area contributed by atoms with Gasteiger partial charge in [0.1, 0.15) is 0 Å². The maximum atomic E-state index is 8.69. The molecule has 0 amide bonds. The summed E-state index contributed by atoms with van der Waals surface area (Å²) < 4.78 is 0. The second-order valence-electron chi connectivity index (χ2n) is 4.95. The molecule has 19 heavy (non-hydrogen) atoms. The standard InChI is InChI=1S/C13H19ClN4O/c1-9-8-17(2)5-6-18(9)10-3-4-11(12(14)7-10)13(15)16-19/h3-4,7,9,19H,5-6,8H2,1-2H3,(H2,15,16). The minimum atomic E-state index is 0.0305. The van der Waals surface area contributed by atoms with Gasteiger partial charge in [-0.1, -0.05) is 16.8 Å². The average molecular weight is 283 g/mol. The topological polar surface area (TPSA) is 65.1 Å². The fourth-order valence-corrected chi connectivity index (χ4v) is 2.74. The number of nitrogens with zero attached hydrogens (tertiary/aromatic N) is 3. The zero-order chi connectivity index (χ0) is 14.0. The fourth-order valence-electron chi connectivity index (χ4n) is 2.47. The molecule has 1 aliphatic heterocycles. The summed E-state index contributed by atoms with van der Waals surface area (Å²) in [4.78, 5) is 4.63. The van der Waals surface area contributed by atoms with Gasteiger partial charge in [0.05, 0.1) is 5.02 Å². The van der Waals surface area contributed by atoms with Crippen LogP contribution in [-0.2, 0) is 0 Å². The third-order valence-corrected chi connectivity index (χ3v) is 3.81. The second kappa shape index (κ2) is 5.67. The number of piperazine rings is 1. The van der Waals surface area contributed by atoms with Crippen molar-refractivity contribution in [2.75, 3.05) is 31.6 Å². The van der Waals surface area contributed by atoms with Gasteiger partial charge in [0.25, 0.3) is 0 Å². The zero-order valence-corrected chi connectivity index (χ0v) is 11.9. The lowest BCUT2D eigenvalue weighted by atomic mass is 10.1. The molecule has 0 bridgehead atoms. The molecule has 1 atom stereocenters. The summed E-state index contributed by atoms with van der Waals surface area (Å²) in [7, 11) is 2.13. The molecule has 1 saturated heterocycles. The van der Waals surface area contributed by atoms with E-state index in [0.29, 0.717) is 16.6 Å². The summed E-state index contributed by atoms with van der Waals surface area (Å²) in [6.07, 6.45) is 0. The van der Waals surface area contributed by atoms with E-state index >= 15 is 0 Å². The van der Waals surface area contributed by atoms with Crippen LogP contribution in [0, 0.1) is 0 Å². The summed E-state index contributed by atoms with van der Waals surface area (Å²) in [5.41, 5.74) is 7.18. The van der Waals surface area contributed by atoms with Crippen LogP contribution < -0.4 is 10.6 Å². The Morgan fingerprint density at radius 1 is 1.47 bits per heavy atom. The largest absolute Gasteiger partial charge is 0.409 e. The van der Waals surface area contributed by atoms with E-state index in [9.17, 15) is 0 Å².